The van der Waals surface area contributed by atoms with E-state index in [4.69, 9.17) is 12.2 Å². The number of thioether (sulfide) groups is 1. The van der Waals surface area contributed by atoms with Crippen LogP contribution in [0.1, 0.15) is 32.6 Å². The molecule has 7 nitrogen and oxygen atoms in total. The van der Waals surface area contributed by atoms with Gasteiger partial charge in [0.25, 0.3) is 11.5 Å². The van der Waals surface area contributed by atoms with Crippen molar-refractivity contribution in [2.24, 2.45) is 0 Å². The lowest BCUT2D eigenvalue weighted by atomic mass is 10.0. The molecule has 180 valence electrons. The Kier molecular flexibility index (Phi) is 7.15. The van der Waals surface area contributed by atoms with Crippen LogP contribution in [0.25, 0.3) is 6.08 Å². The van der Waals surface area contributed by atoms with Crippen LogP contribution in [0.3, 0.4) is 0 Å². The van der Waals surface area contributed by atoms with Crippen molar-refractivity contribution in [2.45, 2.75) is 13.5 Å². The minimum atomic E-state index is -0.722. The third-order valence-electron chi connectivity index (χ3n) is 5.61. The molecule has 1 amide bonds. The number of hydrogen-bond donors (Lipinski definition) is 1. The number of carbonyl (C=O) groups is 2. The van der Waals surface area contributed by atoms with Crippen molar-refractivity contribution in [3.8, 4) is 11.9 Å². The van der Waals surface area contributed by atoms with Crippen molar-refractivity contribution in [1.29, 1.82) is 5.26 Å². The topological polar surface area (TPSA) is 103 Å². The molecule has 1 aliphatic heterocycles. The summed E-state index contributed by atoms with van der Waals surface area (Å²) in [5.74, 6) is -2.19. The zero-order chi connectivity index (χ0) is 26.0. The Balaban J connectivity index is 1.67. The Morgan fingerprint density at radius 2 is 1.83 bits per heavy atom. The number of aromatic nitrogens is 1. The lowest BCUT2D eigenvalue weighted by Gasteiger charge is -2.18. The molecule has 1 aromatic heterocycles. The highest BCUT2D eigenvalue weighted by Crippen LogP contribution is 2.33. The summed E-state index contributed by atoms with van der Waals surface area (Å²) in [5, 5.41) is 20.5. The minimum absolute atomic E-state index is 0.0293. The molecule has 0 bridgehead atoms. The van der Waals surface area contributed by atoms with Crippen LogP contribution in [0, 0.1) is 24.1 Å². The van der Waals surface area contributed by atoms with E-state index in [-0.39, 0.29) is 32.5 Å². The van der Waals surface area contributed by atoms with E-state index in [0.29, 0.717) is 11.1 Å². The summed E-state index contributed by atoms with van der Waals surface area (Å²) in [5.41, 5.74) is 0.0851. The fourth-order valence-corrected chi connectivity index (χ4v) is 5.02. The second-order valence-corrected chi connectivity index (χ2v) is 9.61. The molecule has 0 spiro atoms. The number of aromatic hydroxyl groups is 1. The second-order valence-electron chi connectivity index (χ2n) is 7.93. The maximum Gasteiger partial charge on any atom is 0.271 e. The van der Waals surface area contributed by atoms with Crippen LogP contribution in [-0.2, 0) is 11.3 Å². The number of pyridine rings is 1. The molecule has 1 N–H and O–H groups in total. The van der Waals surface area contributed by atoms with Gasteiger partial charge in [0.05, 0.1) is 23.6 Å². The highest BCUT2D eigenvalue weighted by molar-refractivity contribution is 8.26. The standard InChI is InChI=1S/C26H18FN3O4S2/c1-15-19(12-28)23(32)29(13-17-5-3-2-4-6-17)25(34)22(15)20(31)14-30-24(33)21(36-26(30)35)11-16-7-9-18(27)10-8-16/h2-11,34H,13-14H2,1H3/b21-11-. The van der Waals surface area contributed by atoms with Crippen molar-refractivity contribution in [3.63, 3.8) is 0 Å². The van der Waals surface area contributed by atoms with Crippen molar-refractivity contribution in [2.75, 3.05) is 6.54 Å². The first-order chi connectivity index (χ1) is 17.2. The first-order valence-corrected chi connectivity index (χ1v) is 11.9. The van der Waals surface area contributed by atoms with Gasteiger partial charge in [-0.05, 0) is 41.8 Å². The number of ketones is 1. The van der Waals surface area contributed by atoms with E-state index in [0.717, 1.165) is 21.2 Å². The van der Waals surface area contributed by atoms with Gasteiger partial charge in [-0.25, -0.2) is 4.39 Å². The number of rotatable bonds is 6. The first-order valence-electron chi connectivity index (χ1n) is 10.7. The van der Waals surface area contributed by atoms with E-state index in [9.17, 15) is 29.1 Å². The Labute approximate surface area is 215 Å². The molecule has 1 saturated heterocycles. The monoisotopic (exact) mass is 519 g/mol. The van der Waals surface area contributed by atoms with Gasteiger partial charge in [-0.15, -0.1) is 0 Å². The molecule has 3 aromatic rings. The summed E-state index contributed by atoms with van der Waals surface area (Å²) >= 11 is 6.29. The first kappa shape index (κ1) is 25.0. The molecule has 0 atom stereocenters. The number of hydrogen-bond acceptors (Lipinski definition) is 7. The van der Waals surface area contributed by atoms with E-state index in [1.54, 1.807) is 36.4 Å². The normalized spacial score (nSPS) is 14.4. The molecule has 0 unspecified atom stereocenters. The number of carbonyl (C=O) groups excluding carboxylic acids is 2. The number of thiocarbonyl (C=S) groups is 1. The zero-order valence-corrected chi connectivity index (χ0v) is 20.5. The quantitative estimate of drug-likeness (QED) is 0.298. The fourth-order valence-electron chi connectivity index (χ4n) is 3.77. The summed E-state index contributed by atoms with van der Waals surface area (Å²) in [6.07, 6.45) is 1.54. The SMILES string of the molecule is Cc1c(C(=O)CN2C(=O)/C(=C/c3ccc(F)cc3)SC2=S)c(O)n(Cc2ccccc2)c(=O)c1C#N. The molecule has 36 heavy (non-hydrogen) atoms. The van der Waals surface area contributed by atoms with Gasteiger partial charge in [0.1, 0.15) is 21.8 Å². The van der Waals surface area contributed by atoms with Gasteiger partial charge in [0.2, 0.25) is 5.88 Å². The summed E-state index contributed by atoms with van der Waals surface area (Å²) in [7, 11) is 0. The van der Waals surface area contributed by atoms with Crippen molar-refractivity contribution in [3.05, 3.63) is 103 Å². The molecule has 1 fully saturated rings. The molecule has 10 heteroatoms. The molecule has 0 saturated carbocycles. The van der Waals surface area contributed by atoms with Crippen LogP contribution in [0.15, 0.2) is 64.3 Å². The van der Waals surface area contributed by atoms with E-state index in [1.165, 1.54) is 31.2 Å². The Morgan fingerprint density at radius 1 is 1.17 bits per heavy atom. The Morgan fingerprint density at radius 3 is 2.47 bits per heavy atom. The summed E-state index contributed by atoms with van der Waals surface area (Å²) in [6, 6.07) is 16.2. The van der Waals surface area contributed by atoms with E-state index in [2.05, 4.69) is 0 Å². The smallest absolute Gasteiger partial charge is 0.271 e. The second kappa shape index (κ2) is 10.3. The van der Waals surface area contributed by atoms with Gasteiger partial charge >= 0.3 is 0 Å². The molecule has 2 aromatic carbocycles. The zero-order valence-electron chi connectivity index (χ0n) is 18.9. The number of Topliss-reactive ketones (excluding diaryl/α,β-unsaturated/α-hetero) is 1. The van der Waals surface area contributed by atoms with Gasteiger partial charge < -0.3 is 5.11 Å². The van der Waals surface area contributed by atoms with E-state index in [1.807, 2.05) is 6.07 Å². The highest BCUT2D eigenvalue weighted by atomic mass is 32.2. The number of benzene rings is 2. The summed E-state index contributed by atoms with van der Waals surface area (Å²) in [6.45, 7) is 0.856. The average molecular weight is 520 g/mol. The van der Waals surface area contributed by atoms with E-state index < -0.39 is 35.5 Å². The van der Waals surface area contributed by atoms with Gasteiger partial charge in [-0.2, -0.15) is 5.26 Å². The predicted octanol–water partition coefficient (Wildman–Crippen LogP) is 4.01. The summed E-state index contributed by atoms with van der Waals surface area (Å²) in [4.78, 5) is 40.5. The Hall–Kier alpha value is -4.07. The van der Waals surface area contributed by atoms with Crippen molar-refractivity contribution in [1.82, 2.24) is 9.47 Å². The lowest BCUT2D eigenvalue weighted by molar-refractivity contribution is -0.121. The van der Waals surface area contributed by atoms with Crippen LogP contribution in [-0.4, -0.2) is 37.1 Å². The van der Waals surface area contributed by atoms with Crippen LogP contribution >= 0.6 is 24.0 Å². The third-order valence-corrected chi connectivity index (χ3v) is 6.98. The molecule has 1 aliphatic rings. The van der Waals surface area contributed by atoms with Crippen molar-refractivity contribution >= 4 is 46.1 Å². The molecular formula is C26H18FN3O4S2. The van der Waals surface area contributed by atoms with Crippen LogP contribution in [0.4, 0.5) is 4.39 Å². The molecule has 0 aliphatic carbocycles. The van der Waals surface area contributed by atoms with Crippen LogP contribution < -0.4 is 5.56 Å². The molecule has 2 heterocycles. The van der Waals surface area contributed by atoms with Crippen LogP contribution in [0.5, 0.6) is 5.88 Å². The van der Waals surface area contributed by atoms with Crippen molar-refractivity contribution < 1.29 is 19.1 Å². The minimum Gasteiger partial charge on any atom is -0.494 e. The molecule has 0 radical (unpaired) electrons. The number of nitriles is 1. The predicted molar refractivity (Wildman–Crippen MR) is 138 cm³/mol. The number of amides is 1. The van der Waals surface area contributed by atoms with E-state index >= 15 is 0 Å². The molecule has 4 rings (SSSR count). The third kappa shape index (κ3) is 4.84. The lowest BCUT2D eigenvalue weighted by Crippen LogP contribution is -2.35. The average Bonchev–Trinajstić information content (AvgIpc) is 3.11. The van der Waals surface area contributed by atoms with Gasteiger partial charge in [0.15, 0.2) is 5.78 Å². The molecular weight excluding hydrogens is 501 g/mol. The van der Waals surface area contributed by atoms with Gasteiger partial charge in [0, 0.05) is 0 Å². The summed E-state index contributed by atoms with van der Waals surface area (Å²) < 4.78 is 14.3. The largest absolute Gasteiger partial charge is 0.494 e. The maximum absolute atomic E-state index is 13.3. The number of halogens is 1. The maximum atomic E-state index is 13.3. The number of nitrogens with zero attached hydrogens (tertiary/aromatic N) is 3. The fraction of sp³-hybridized carbons (Fsp3) is 0.115. The van der Waals surface area contributed by atoms with Crippen LogP contribution in [0.2, 0.25) is 0 Å². The highest BCUT2D eigenvalue weighted by Gasteiger charge is 2.35. The Bertz CT molecular complexity index is 1520. The van der Waals surface area contributed by atoms with Gasteiger partial charge in [-0.3, -0.25) is 23.9 Å². The van der Waals surface area contributed by atoms with Gasteiger partial charge in [-0.1, -0.05) is 66.4 Å².